The highest BCUT2D eigenvalue weighted by molar-refractivity contribution is 8.04. The van der Waals surface area contributed by atoms with Gasteiger partial charge in [-0.2, -0.15) is 0 Å². The largest absolute Gasteiger partial charge is 0.493 e. The van der Waals surface area contributed by atoms with Crippen LogP contribution >= 0.6 is 23.4 Å². The standard InChI is InChI=1S/C22H22ClN3O4S/c1-4-26-20(15-7-9-16(23)10-8-15)24-25-22(26)31-19(21(27)28)13-14-6-11-17(30-5-2)18(12-14)29-3/h6-13H,4-5H2,1-3H3,(H,27,28)/b19-13-. The van der Waals surface area contributed by atoms with E-state index in [0.29, 0.717) is 46.2 Å². The lowest BCUT2D eigenvalue weighted by atomic mass is 10.2. The second kappa shape index (κ2) is 10.4. The highest BCUT2D eigenvalue weighted by Gasteiger charge is 2.18. The summed E-state index contributed by atoms with van der Waals surface area (Å²) in [5.74, 6) is 0.725. The van der Waals surface area contributed by atoms with E-state index >= 15 is 0 Å². The minimum absolute atomic E-state index is 0.107. The monoisotopic (exact) mass is 459 g/mol. The summed E-state index contributed by atoms with van der Waals surface area (Å²) in [6, 6.07) is 12.5. The van der Waals surface area contributed by atoms with Gasteiger partial charge in [-0.1, -0.05) is 17.7 Å². The van der Waals surface area contributed by atoms with Crippen LogP contribution in [0.3, 0.4) is 0 Å². The van der Waals surface area contributed by atoms with Crippen molar-refractivity contribution in [3.63, 3.8) is 0 Å². The van der Waals surface area contributed by atoms with Gasteiger partial charge in [0.25, 0.3) is 0 Å². The summed E-state index contributed by atoms with van der Waals surface area (Å²) in [4.78, 5) is 12.0. The number of thioether (sulfide) groups is 1. The van der Waals surface area contributed by atoms with Crippen molar-refractivity contribution in [2.45, 2.75) is 25.5 Å². The number of benzene rings is 2. The van der Waals surface area contributed by atoms with Crippen LogP contribution in [0.2, 0.25) is 5.02 Å². The molecule has 1 heterocycles. The van der Waals surface area contributed by atoms with Crippen molar-refractivity contribution in [3.05, 3.63) is 58.0 Å². The number of aromatic nitrogens is 3. The minimum atomic E-state index is -1.06. The maximum atomic E-state index is 11.9. The fraction of sp³-hybridized carbons (Fsp3) is 0.227. The Morgan fingerprint density at radius 2 is 1.90 bits per heavy atom. The van der Waals surface area contributed by atoms with Gasteiger partial charge >= 0.3 is 5.97 Å². The lowest BCUT2D eigenvalue weighted by Gasteiger charge is -2.10. The smallest absolute Gasteiger partial charge is 0.342 e. The fourth-order valence-electron chi connectivity index (χ4n) is 2.90. The quantitative estimate of drug-likeness (QED) is 0.345. The summed E-state index contributed by atoms with van der Waals surface area (Å²) in [5.41, 5.74) is 1.52. The number of ether oxygens (including phenoxy) is 2. The number of methoxy groups -OCH3 is 1. The molecule has 2 aromatic carbocycles. The summed E-state index contributed by atoms with van der Waals surface area (Å²) in [7, 11) is 1.54. The Bertz CT molecular complexity index is 1100. The van der Waals surface area contributed by atoms with E-state index in [2.05, 4.69) is 10.2 Å². The maximum Gasteiger partial charge on any atom is 0.342 e. The molecule has 7 nitrogen and oxygen atoms in total. The van der Waals surface area contributed by atoms with Gasteiger partial charge in [0.05, 0.1) is 13.7 Å². The molecule has 0 unspecified atom stereocenters. The van der Waals surface area contributed by atoms with Gasteiger partial charge in [0.15, 0.2) is 22.5 Å². The number of nitrogens with zero attached hydrogens (tertiary/aromatic N) is 3. The van der Waals surface area contributed by atoms with E-state index < -0.39 is 5.97 Å². The number of rotatable bonds is 9. The normalized spacial score (nSPS) is 11.4. The first kappa shape index (κ1) is 22.7. The summed E-state index contributed by atoms with van der Waals surface area (Å²) in [6.45, 7) is 4.92. The van der Waals surface area contributed by atoms with Crippen molar-refractivity contribution in [3.8, 4) is 22.9 Å². The molecule has 3 rings (SSSR count). The zero-order chi connectivity index (χ0) is 22.4. The molecule has 0 aliphatic heterocycles. The second-order valence-corrected chi connectivity index (χ2v) is 7.76. The van der Waals surface area contributed by atoms with Crippen molar-refractivity contribution in [2.24, 2.45) is 0 Å². The van der Waals surface area contributed by atoms with E-state index in [1.807, 2.05) is 30.5 Å². The van der Waals surface area contributed by atoms with Gasteiger partial charge in [-0.3, -0.25) is 0 Å². The van der Waals surface area contributed by atoms with Gasteiger partial charge in [0.1, 0.15) is 4.91 Å². The van der Waals surface area contributed by atoms with Crippen LogP contribution in [0.5, 0.6) is 11.5 Å². The Balaban J connectivity index is 1.94. The first-order chi connectivity index (χ1) is 15.0. The van der Waals surface area contributed by atoms with E-state index in [0.717, 1.165) is 17.3 Å². The number of carboxylic acid groups (broad SMARTS) is 1. The first-order valence-electron chi connectivity index (χ1n) is 9.59. The van der Waals surface area contributed by atoms with Crippen molar-refractivity contribution in [1.29, 1.82) is 0 Å². The van der Waals surface area contributed by atoms with E-state index in [4.69, 9.17) is 21.1 Å². The highest BCUT2D eigenvalue weighted by Crippen LogP contribution is 2.33. The molecule has 0 saturated carbocycles. The molecular formula is C22H22ClN3O4S. The summed E-state index contributed by atoms with van der Waals surface area (Å²) in [6.07, 6.45) is 1.57. The van der Waals surface area contributed by atoms with Crippen molar-refractivity contribution >= 4 is 35.4 Å². The van der Waals surface area contributed by atoms with Crippen molar-refractivity contribution in [1.82, 2.24) is 14.8 Å². The van der Waals surface area contributed by atoms with Crippen molar-refractivity contribution in [2.75, 3.05) is 13.7 Å². The Morgan fingerprint density at radius 3 is 2.52 bits per heavy atom. The maximum absolute atomic E-state index is 11.9. The average Bonchev–Trinajstić information content (AvgIpc) is 3.17. The van der Waals surface area contributed by atoms with Crippen LogP contribution in [0.25, 0.3) is 17.5 Å². The van der Waals surface area contributed by atoms with Gasteiger partial charge in [-0.15, -0.1) is 10.2 Å². The van der Waals surface area contributed by atoms with E-state index in [-0.39, 0.29) is 4.91 Å². The molecular weight excluding hydrogens is 438 g/mol. The summed E-state index contributed by atoms with van der Waals surface area (Å²) < 4.78 is 12.7. The van der Waals surface area contributed by atoms with Crippen LogP contribution in [0.15, 0.2) is 52.5 Å². The van der Waals surface area contributed by atoms with Crippen LogP contribution in [-0.4, -0.2) is 39.6 Å². The van der Waals surface area contributed by atoms with Crippen molar-refractivity contribution < 1.29 is 19.4 Å². The topological polar surface area (TPSA) is 86.5 Å². The molecule has 0 atom stereocenters. The Labute approximate surface area is 189 Å². The van der Waals surface area contributed by atoms with Gasteiger partial charge in [-0.25, -0.2) is 4.79 Å². The molecule has 0 saturated heterocycles. The number of halogens is 1. The zero-order valence-corrected chi connectivity index (χ0v) is 18.9. The van der Waals surface area contributed by atoms with Crippen LogP contribution in [0, 0.1) is 0 Å². The predicted molar refractivity (Wildman–Crippen MR) is 122 cm³/mol. The third-order valence-electron chi connectivity index (χ3n) is 4.33. The summed E-state index contributed by atoms with van der Waals surface area (Å²) in [5, 5.41) is 19.3. The Hall–Kier alpha value is -2.97. The molecule has 162 valence electrons. The van der Waals surface area contributed by atoms with Crippen LogP contribution in [0.1, 0.15) is 19.4 Å². The molecule has 0 aliphatic carbocycles. The third kappa shape index (κ3) is 5.39. The lowest BCUT2D eigenvalue weighted by molar-refractivity contribution is -0.131. The number of hydrogen-bond acceptors (Lipinski definition) is 6. The van der Waals surface area contributed by atoms with E-state index in [9.17, 15) is 9.90 Å². The second-order valence-electron chi connectivity index (χ2n) is 6.32. The third-order valence-corrected chi connectivity index (χ3v) is 5.58. The molecule has 0 spiro atoms. The molecule has 1 N–H and O–H groups in total. The number of carboxylic acids is 1. The molecule has 0 radical (unpaired) electrons. The number of carbonyl (C=O) groups is 1. The van der Waals surface area contributed by atoms with Crippen LogP contribution in [0.4, 0.5) is 0 Å². The number of aliphatic carboxylic acids is 1. The number of hydrogen-bond donors (Lipinski definition) is 1. The highest BCUT2D eigenvalue weighted by atomic mass is 35.5. The predicted octanol–water partition coefficient (Wildman–Crippen LogP) is 5.24. The molecule has 0 amide bonds. The molecule has 0 fully saturated rings. The zero-order valence-electron chi connectivity index (χ0n) is 17.3. The fourth-order valence-corrected chi connectivity index (χ4v) is 3.91. The van der Waals surface area contributed by atoms with Gasteiger partial charge < -0.3 is 19.1 Å². The Kier molecular flexibility index (Phi) is 7.59. The molecule has 0 aliphatic rings. The minimum Gasteiger partial charge on any atom is -0.493 e. The van der Waals surface area contributed by atoms with E-state index in [1.165, 1.54) is 0 Å². The Morgan fingerprint density at radius 1 is 1.16 bits per heavy atom. The molecule has 3 aromatic rings. The molecule has 1 aromatic heterocycles. The van der Waals surface area contributed by atoms with Gasteiger partial charge in [-0.05, 0) is 73.6 Å². The van der Waals surface area contributed by atoms with Gasteiger partial charge in [0, 0.05) is 17.1 Å². The molecule has 31 heavy (non-hydrogen) atoms. The first-order valence-corrected chi connectivity index (χ1v) is 10.8. The lowest BCUT2D eigenvalue weighted by Crippen LogP contribution is -2.03. The van der Waals surface area contributed by atoms with E-state index in [1.54, 1.807) is 43.5 Å². The van der Waals surface area contributed by atoms with Crippen LogP contribution in [-0.2, 0) is 11.3 Å². The summed E-state index contributed by atoms with van der Waals surface area (Å²) >= 11 is 7.01. The average molecular weight is 460 g/mol. The molecule has 0 bridgehead atoms. The van der Waals surface area contributed by atoms with Gasteiger partial charge in [0.2, 0.25) is 0 Å². The SMILES string of the molecule is CCOc1ccc(/C=C(\Sc2nnc(-c3ccc(Cl)cc3)n2CC)C(=O)O)cc1OC. The van der Waals surface area contributed by atoms with Crippen LogP contribution < -0.4 is 9.47 Å². The molecule has 9 heteroatoms.